The largest absolute Gasteiger partial charge is 0.380 e. The normalized spacial score (nSPS) is 14.5. The molecule has 1 aromatic rings. The molecule has 0 saturated carbocycles. The van der Waals surface area contributed by atoms with Gasteiger partial charge in [0.15, 0.2) is 11.8 Å². The van der Waals surface area contributed by atoms with E-state index in [0.717, 1.165) is 50.1 Å². The Morgan fingerprint density at radius 2 is 2.18 bits per heavy atom. The Bertz CT molecular complexity index is 482. The number of aryl methyl sites for hydroxylation is 1. The highest BCUT2D eigenvalue weighted by Gasteiger charge is 2.16. The van der Waals surface area contributed by atoms with Crippen molar-refractivity contribution >= 4 is 5.96 Å². The van der Waals surface area contributed by atoms with Gasteiger partial charge in [-0.2, -0.15) is 0 Å². The van der Waals surface area contributed by atoms with Crippen LogP contribution >= 0.6 is 0 Å². The van der Waals surface area contributed by atoms with Gasteiger partial charge in [-0.25, -0.2) is 0 Å². The van der Waals surface area contributed by atoms with Crippen LogP contribution in [-0.4, -0.2) is 47.5 Å². The summed E-state index contributed by atoms with van der Waals surface area (Å²) < 4.78 is 7.77. The second kappa shape index (κ2) is 8.73. The zero-order chi connectivity index (χ0) is 15.8. The molecule has 0 unspecified atom stereocenters. The third-order valence-electron chi connectivity index (χ3n) is 3.70. The van der Waals surface area contributed by atoms with E-state index in [0.29, 0.717) is 19.1 Å². The highest BCUT2D eigenvalue weighted by atomic mass is 16.5. The number of fused-ring (bicyclic) bond motifs is 1. The average molecular weight is 308 g/mol. The van der Waals surface area contributed by atoms with Gasteiger partial charge < -0.3 is 19.9 Å². The summed E-state index contributed by atoms with van der Waals surface area (Å²) in [7, 11) is 1.77. The molecule has 0 atom stereocenters. The van der Waals surface area contributed by atoms with Crippen LogP contribution in [0.1, 0.15) is 38.3 Å². The Morgan fingerprint density at radius 3 is 2.95 bits per heavy atom. The first-order valence-electron chi connectivity index (χ1n) is 8.14. The first-order chi connectivity index (χ1) is 10.7. The van der Waals surface area contributed by atoms with Gasteiger partial charge in [0.1, 0.15) is 5.82 Å². The molecule has 0 bridgehead atoms. The van der Waals surface area contributed by atoms with E-state index in [2.05, 4.69) is 44.2 Å². The summed E-state index contributed by atoms with van der Waals surface area (Å²) in [6, 6.07) is 0. The number of hydrogen-bond acceptors (Lipinski definition) is 4. The highest BCUT2D eigenvalue weighted by Crippen LogP contribution is 2.13. The fourth-order valence-electron chi connectivity index (χ4n) is 2.39. The maximum Gasteiger partial charge on any atom is 0.191 e. The minimum Gasteiger partial charge on any atom is -0.380 e. The van der Waals surface area contributed by atoms with Crippen molar-refractivity contribution in [1.29, 1.82) is 0 Å². The van der Waals surface area contributed by atoms with E-state index < -0.39 is 0 Å². The van der Waals surface area contributed by atoms with Crippen LogP contribution in [-0.2, 0) is 24.2 Å². The molecule has 7 nitrogen and oxygen atoms in total. The van der Waals surface area contributed by atoms with E-state index in [-0.39, 0.29) is 0 Å². The molecule has 2 heterocycles. The smallest absolute Gasteiger partial charge is 0.191 e. The van der Waals surface area contributed by atoms with Crippen LogP contribution in [0.15, 0.2) is 4.99 Å². The number of ether oxygens (including phenoxy) is 1. The summed E-state index contributed by atoms with van der Waals surface area (Å²) in [4.78, 5) is 4.21. The predicted octanol–water partition coefficient (Wildman–Crippen LogP) is 0.952. The van der Waals surface area contributed by atoms with Crippen molar-refractivity contribution < 1.29 is 4.74 Å². The van der Waals surface area contributed by atoms with Crippen molar-refractivity contribution in [1.82, 2.24) is 25.4 Å². The SMILES string of the molecule is CN=C(NCCOCCC(C)C)NCc1nnc2n1CCC2. The average Bonchev–Trinajstić information content (AvgIpc) is 3.09. The molecule has 1 aliphatic rings. The van der Waals surface area contributed by atoms with Gasteiger partial charge in [-0.05, 0) is 18.8 Å². The number of rotatable bonds is 8. The topological polar surface area (TPSA) is 76.4 Å². The van der Waals surface area contributed by atoms with Gasteiger partial charge in [-0.15, -0.1) is 10.2 Å². The summed E-state index contributed by atoms with van der Waals surface area (Å²) in [6.07, 6.45) is 3.30. The van der Waals surface area contributed by atoms with E-state index in [9.17, 15) is 0 Å². The number of aliphatic imine (C=N–C) groups is 1. The van der Waals surface area contributed by atoms with Crippen LogP contribution in [0.5, 0.6) is 0 Å². The monoisotopic (exact) mass is 308 g/mol. The first-order valence-corrected chi connectivity index (χ1v) is 8.14. The first kappa shape index (κ1) is 16.7. The second-order valence-corrected chi connectivity index (χ2v) is 5.94. The third kappa shape index (κ3) is 4.98. The number of aromatic nitrogens is 3. The predicted molar refractivity (Wildman–Crippen MR) is 86.8 cm³/mol. The fraction of sp³-hybridized carbons (Fsp3) is 0.800. The van der Waals surface area contributed by atoms with Gasteiger partial charge in [0.2, 0.25) is 0 Å². The minimum absolute atomic E-state index is 0.640. The van der Waals surface area contributed by atoms with Crippen molar-refractivity contribution in [3.63, 3.8) is 0 Å². The maximum atomic E-state index is 5.58. The minimum atomic E-state index is 0.640. The highest BCUT2D eigenvalue weighted by molar-refractivity contribution is 5.79. The molecule has 0 radical (unpaired) electrons. The van der Waals surface area contributed by atoms with E-state index in [1.165, 1.54) is 6.42 Å². The lowest BCUT2D eigenvalue weighted by Crippen LogP contribution is -2.39. The molecule has 0 aromatic carbocycles. The Kier molecular flexibility index (Phi) is 6.64. The summed E-state index contributed by atoms with van der Waals surface area (Å²) in [5.41, 5.74) is 0. The summed E-state index contributed by atoms with van der Waals surface area (Å²) in [5.74, 6) is 3.53. The maximum absolute atomic E-state index is 5.58. The van der Waals surface area contributed by atoms with Gasteiger partial charge in [0, 0.05) is 33.2 Å². The lowest BCUT2D eigenvalue weighted by Gasteiger charge is -2.12. The molecule has 0 saturated heterocycles. The molecule has 2 N–H and O–H groups in total. The molecular formula is C15H28N6O. The van der Waals surface area contributed by atoms with Gasteiger partial charge in [0.25, 0.3) is 0 Å². The summed E-state index contributed by atoms with van der Waals surface area (Å²) in [5, 5.41) is 14.9. The second-order valence-electron chi connectivity index (χ2n) is 5.94. The van der Waals surface area contributed by atoms with Crippen molar-refractivity contribution in [2.75, 3.05) is 26.8 Å². The van der Waals surface area contributed by atoms with Crippen LogP contribution in [0.2, 0.25) is 0 Å². The Labute approximate surface area is 132 Å². The molecule has 22 heavy (non-hydrogen) atoms. The molecule has 0 aliphatic carbocycles. The van der Waals surface area contributed by atoms with Crippen LogP contribution in [0.4, 0.5) is 0 Å². The summed E-state index contributed by atoms with van der Waals surface area (Å²) in [6.45, 7) is 8.32. The van der Waals surface area contributed by atoms with Crippen molar-refractivity contribution in [3.05, 3.63) is 11.6 Å². The number of guanidine groups is 1. The number of nitrogens with zero attached hydrogens (tertiary/aromatic N) is 4. The van der Waals surface area contributed by atoms with E-state index in [1.807, 2.05) is 0 Å². The van der Waals surface area contributed by atoms with Crippen LogP contribution < -0.4 is 10.6 Å². The molecule has 1 aromatic heterocycles. The zero-order valence-electron chi connectivity index (χ0n) is 13.9. The third-order valence-corrected chi connectivity index (χ3v) is 3.70. The van der Waals surface area contributed by atoms with Gasteiger partial charge >= 0.3 is 0 Å². The van der Waals surface area contributed by atoms with E-state index >= 15 is 0 Å². The van der Waals surface area contributed by atoms with Crippen LogP contribution in [0.3, 0.4) is 0 Å². The molecule has 7 heteroatoms. The Hall–Kier alpha value is -1.63. The van der Waals surface area contributed by atoms with Crippen LogP contribution in [0.25, 0.3) is 0 Å². The number of nitrogens with one attached hydrogen (secondary N) is 2. The molecule has 124 valence electrons. The van der Waals surface area contributed by atoms with Gasteiger partial charge in [-0.3, -0.25) is 4.99 Å². The lowest BCUT2D eigenvalue weighted by molar-refractivity contribution is 0.128. The van der Waals surface area contributed by atoms with Crippen molar-refractivity contribution in [3.8, 4) is 0 Å². The Balaban J connectivity index is 1.63. The van der Waals surface area contributed by atoms with Crippen LogP contribution in [0, 0.1) is 5.92 Å². The molecule has 0 spiro atoms. The number of hydrogen-bond donors (Lipinski definition) is 2. The lowest BCUT2D eigenvalue weighted by atomic mass is 10.1. The van der Waals surface area contributed by atoms with Gasteiger partial charge in [0.05, 0.1) is 13.2 Å². The van der Waals surface area contributed by atoms with Gasteiger partial charge in [-0.1, -0.05) is 13.8 Å². The van der Waals surface area contributed by atoms with E-state index in [4.69, 9.17) is 4.74 Å². The molecular weight excluding hydrogens is 280 g/mol. The molecule has 1 aliphatic heterocycles. The standard InChI is InChI=1S/C15H28N6O/c1-12(2)6-9-22-10-7-17-15(16-3)18-11-14-20-19-13-5-4-8-21(13)14/h12H,4-11H2,1-3H3,(H2,16,17,18). The molecule has 2 rings (SSSR count). The quantitative estimate of drug-likeness (QED) is 0.425. The summed E-state index contributed by atoms with van der Waals surface area (Å²) >= 11 is 0. The Morgan fingerprint density at radius 1 is 1.32 bits per heavy atom. The molecule has 0 fully saturated rings. The molecule has 0 amide bonds. The zero-order valence-corrected chi connectivity index (χ0v) is 13.9. The fourth-order valence-corrected chi connectivity index (χ4v) is 2.39. The van der Waals surface area contributed by atoms with Crippen molar-refractivity contribution in [2.45, 2.75) is 46.2 Å². The van der Waals surface area contributed by atoms with Crippen molar-refractivity contribution in [2.24, 2.45) is 10.9 Å². The van der Waals surface area contributed by atoms with E-state index in [1.54, 1.807) is 7.05 Å².